The van der Waals surface area contributed by atoms with E-state index < -0.39 is 95.8 Å². The van der Waals surface area contributed by atoms with E-state index in [1.807, 2.05) is 0 Å². The third-order valence-electron chi connectivity index (χ3n) is 5.31. The molecule has 1 rings (SSSR count). The van der Waals surface area contributed by atoms with Crippen molar-refractivity contribution in [1.29, 1.82) is 0 Å². The van der Waals surface area contributed by atoms with Crippen molar-refractivity contribution >= 4 is 53.4 Å². The number of methoxy groups -OCH3 is 2. The van der Waals surface area contributed by atoms with Crippen LogP contribution in [0, 0.1) is 0 Å². The van der Waals surface area contributed by atoms with Gasteiger partial charge in [-0.2, -0.15) is 13.2 Å². The number of hydrogen-bond donors (Lipinski definition) is 2. The molecule has 43 heavy (non-hydrogen) atoms. The van der Waals surface area contributed by atoms with Gasteiger partial charge in [-0.25, -0.2) is 9.59 Å². The Kier molecular flexibility index (Phi) is 14.3. The summed E-state index contributed by atoms with van der Waals surface area (Å²) in [5.74, 6) is -9.12. The molecule has 6 atom stereocenters. The summed E-state index contributed by atoms with van der Waals surface area (Å²) in [5.41, 5.74) is 0. The molecule has 1 heterocycles. The van der Waals surface area contributed by atoms with Gasteiger partial charge in [-0.05, 0) is 6.08 Å². The summed E-state index contributed by atoms with van der Waals surface area (Å²) in [6, 6.07) is -3.16. The van der Waals surface area contributed by atoms with Crippen LogP contribution in [0.25, 0.3) is 0 Å². The molecule has 2 amide bonds. The smallest absolute Gasteiger partial charge is 0.471 e. The maximum Gasteiger partial charge on any atom is 0.471 e. The molecule has 1 aliphatic rings. The zero-order valence-electron chi connectivity index (χ0n) is 23.8. The first-order valence-electron chi connectivity index (χ1n) is 12.2. The van der Waals surface area contributed by atoms with Gasteiger partial charge in [0.15, 0.2) is 18.3 Å². The highest BCUT2D eigenvalue weighted by Crippen LogP contribution is 2.33. The summed E-state index contributed by atoms with van der Waals surface area (Å²) >= 11 is 0.672. The van der Waals surface area contributed by atoms with Gasteiger partial charge >= 0.3 is 41.9 Å². The minimum absolute atomic E-state index is 0.369. The lowest BCUT2D eigenvalue weighted by atomic mass is 9.94. The molecule has 1 aliphatic heterocycles. The first-order chi connectivity index (χ1) is 19.9. The lowest BCUT2D eigenvalue weighted by Crippen LogP contribution is -2.62. The Labute approximate surface area is 247 Å². The number of carbonyl (C=O) groups is 7. The summed E-state index contributed by atoms with van der Waals surface area (Å²) in [6.45, 7) is 3.13. The lowest BCUT2D eigenvalue weighted by Gasteiger charge is -2.42. The zero-order chi connectivity index (χ0) is 33.1. The van der Waals surface area contributed by atoms with Crippen molar-refractivity contribution in [3.8, 4) is 0 Å². The van der Waals surface area contributed by atoms with Gasteiger partial charge < -0.3 is 39.1 Å². The summed E-state index contributed by atoms with van der Waals surface area (Å²) in [7, 11) is 1.98. The van der Waals surface area contributed by atoms with Gasteiger partial charge in [0.2, 0.25) is 11.7 Å². The first kappa shape index (κ1) is 37.0. The van der Waals surface area contributed by atoms with E-state index in [1.54, 1.807) is 5.32 Å². The van der Waals surface area contributed by atoms with Gasteiger partial charge in [0, 0.05) is 33.4 Å². The number of ether oxygens (including phenoxy) is 6. The van der Waals surface area contributed by atoms with E-state index in [9.17, 15) is 46.7 Å². The van der Waals surface area contributed by atoms with Crippen molar-refractivity contribution in [2.45, 2.75) is 69.5 Å². The molecule has 0 bridgehead atoms. The summed E-state index contributed by atoms with van der Waals surface area (Å²) < 4.78 is 70.3. The molecule has 2 N–H and O–H groups in total. The van der Waals surface area contributed by atoms with Crippen molar-refractivity contribution in [3.63, 3.8) is 0 Å². The number of hydrogen-bond acceptors (Lipinski definition) is 14. The number of halogens is 3. The zero-order valence-corrected chi connectivity index (χ0v) is 24.6. The molecule has 0 aromatic heterocycles. The quantitative estimate of drug-likeness (QED) is 0.196. The van der Waals surface area contributed by atoms with Crippen LogP contribution in [0.3, 0.4) is 0 Å². The fourth-order valence-electron chi connectivity index (χ4n) is 3.65. The van der Waals surface area contributed by atoms with Crippen LogP contribution in [0.2, 0.25) is 0 Å². The maximum atomic E-state index is 13.4. The molecular formula is C24H31F3N2O13S. The van der Waals surface area contributed by atoms with E-state index in [1.165, 1.54) is 0 Å². The van der Waals surface area contributed by atoms with Crippen LogP contribution >= 0.6 is 11.8 Å². The average molecular weight is 645 g/mol. The highest BCUT2D eigenvalue weighted by Gasteiger charge is 2.51. The van der Waals surface area contributed by atoms with E-state index in [0.29, 0.717) is 11.8 Å². The largest absolute Gasteiger partial charge is 0.477 e. The molecule has 0 radical (unpaired) electrons. The molecule has 19 heteroatoms. The number of thioether (sulfide) groups is 1. The summed E-state index contributed by atoms with van der Waals surface area (Å²) in [6.07, 6.45) is -9.99. The molecule has 0 fully saturated rings. The van der Waals surface area contributed by atoms with Crippen LogP contribution in [-0.2, 0) is 62.0 Å². The number of carbonyl (C=O) groups excluding carboxylic acids is 7. The average Bonchev–Trinajstić information content (AvgIpc) is 2.90. The molecule has 15 nitrogen and oxygen atoms in total. The molecule has 0 unspecified atom stereocenters. The summed E-state index contributed by atoms with van der Waals surface area (Å²) in [4.78, 5) is 83.9. The van der Waals surface area contributed by atoms with Gasteiger partial charge in [0.1, 0.15) is 12.6 Å². The van der Waals surface area contributed by atoms with Crippen molar-refractivity contribution < 1.29 is 75.2 Å². The molecular weight excluding hydrogens is 613 g/mol. The highest BCUT2D eigenvalue weighted by molar-refractivity contribution is 8.00. The van der Waals surface area contributed by atoms with Gasteiger partial charge in [-0.15, -0.1) is 11.8 Å². The number of rotatable bonds is 13. The third-order valence-corrected chi connectivity index (χ3v) is 6.65. The van der Waals surface area contributed by atoms with Gasteiger partial charge in [0.25, 0.3) is 0 Å². The minimum Gasteiger partial charge on any atom is -0.477 e. The van der Waals surface area contributed by atoms with E-state index in [4.69, 9.17) is 18.9 Å². The standard InChI is InChI=1S/C24H31F3N2O13S/c1-10(30)28-14(21(34)37-5)9-43-17-7-15(22(35)38-6)42-20(18(17)29-23(36)24(25,26)27)19(41-13(4)33)16(40-12(3)32)8-39-11(2)31/h7,14,16-20H,8-9H2,1-6H3,(H,28,30)(H,29,36)/t14-,16+,17-,18+,19+,20+/m0/s1. The van der Waals surface area contributed by atoms with Crippen molar-refractivity contribution in [3.05, 3.63) is 11.8 Å². The second kappa shape index (κ2) is 16.6. The van der Waals surface area contributed by atoms with Crippen LogP contribution in [0.5, 0.6) is 0 Å². The van der Waals surface area contributed by atoms with Crippen LogP contribution in [-0.4, -0.2) is 110 Å². The second-order valence-electron chi connectivity index (χ2n) is 8.70. The van der Waals surface area contributed by atoms with E-state index >= 15 is 0 Å². The van der Waals surface area contributed by atoms with E-state index in [-0.39, 0.29) is 5.75 Å². The topological polar surface area (TPSA) is 199 Å². The fourth-order valence-corrected chi connectivity index (χ4v) is 4.94. The predicted molar refractivity (Wildman–Crippen MR) is 137 cm³/mol. The number of alkyl halides is 3. The Bertz CT molecular complexity index is 1110. The van der Waals surface area contributed by atoms with Crippen LogP contribution in [0.1, 0.15) is 27.7 Å². The van der Waals surface area contributed by atoms with E-state index in [0.717, 1.165) is 48.0 Å². The monoisotopic (exact) mass is 644 g/mol. The van der Waals surface area contributed by atoms with Gasteiger partial charge in [-0.1, -0.05) is 0 Å². The molecule has 0 saturated carbocycles. The van der Waals surface area contributed by atoms with Crippen LogP contribution < -0.4 is 10.6 Å². The van der Waals surface area contributed by atoms with E-state index in [2.05, 4.69) is 14.8 Å². The number of amides is 2. The Morgan fingerprint density at radius 2 is 1.56 bits per heavy atom. The maximum absolute atomic E-state index is 13.4. The Balaban J connectivity index is 3.79. The number of esters is 5. The molecule has 0 aromatic rings. The molecule has 242 valence electrons. The Hall–Kier alpha value is -4.03. The SMILES string of the molecule is COC(=O)C1=C[C@H](SC[C@H](NC(C)=O)C(=O)OC)[C@@H](NC(=O)C(F)(F)F)[C@H]([C@H](OC(C)=O)[C@@H](COC(C)=O)OC(C)=O)O1. The highest BCUT2D eigenvalue weighted by atomic mass is 32.2. The number of nitrogens with one attached hydrogen (secondary N) is 2. The van der Waals surface area contributed by atoms with Crippen molar-refractivity contribution in [1.82, 2.24) is 10.6 Å². The lowest BCUT2D eigenvalue weighted by molar-refractivity contribution is -0.190. The van der Waals surface area contributed by atoms with Gasteiger partial charge in [0.05, 0.1) is 25.5 Å². The fraction of sp³-hybridized carbons (Fsp3) is 0.625. The van der Waals surface area contributed by atoms with Crippen LogP contribution in [0.4, 0.5) is 13.2 Å². The molecule has 0 aromatic carbocycles. The van der Waals surface area contributed by atoms with Crippen molar-refractivity contribution in [2.75, 3.05) is 26.6 Å². The second-order valence-corrected chi connectivity index (χ2v) is 9.91. The molecule has 0 saturated heterocycles. The van der Waals surface area contributed by atoms with Gasteiger partial charge in [-0.3, -0.25) is 24.0 Å². The predicted octanol–water partition coefficient (Wildman–Crippen LogP) is -0.305. The van der Waals surface area contributed by atoms with Crippen LogP contribution in [0.15, 0.2) is 11.8 Å². The molecule has 0 aliphatic carbocycles. The Morgan fingerprint density at radius 3 is 2.02 bits per heavy atom. The normalized spacial score (nSPS) is 20.0. The molecule has 0 spiro atoms. The Morgan fingerprint density at radius 1 is 0.953 bits per heavy atom. The summed E-state index contributed by atoms with van der Waals surface area (Å²) in [5, 5.41) is 2.64. The minimum atomic E-state index is -5.43. The third kappa shape index (κ3) is 12.0. The van der Waals surface area contributed by atoms with Crippen molar-refractivity contribution in [2.24, 2.45) is 0 Å². The first-order valence-corrected chi connectivity index (χ1v) is 13.2.